The molecule has 0 fully saturated rings. The summed E-state index contributed by atoms with van der Waals surface area (Å²) in [5, 5.41) is 7.44. The van der Waals surface area contributed by atoms with E-state index in [1.807, 2.05) is 0 Å². The van der Waals surface area contributed by atoms with Crippen molar-refractivity contribution in [3.05, 3.63) is 224 Å². The van der Waals surface area contributed by atoms with Gasteiger partial charge >= 0.3 is 0 Å². The molecule has 55 heavy (non-hydrogen) atoms. The van der Waals surface area contributed by atoms with Gasteiger partial charge in [-0.2, -0.15) is 0 Å². The van der Waals surface area contributed by atoms with Gasteiger partial charge in [0.1, 0.15) is 0 Å². The molecule has 0 spiro atoms. The van der Waals surface area contributed by atoms with Gasteiger partial charge in [0.05, 0.1) is 5.69 Å². The minimum atomic E-state index is 1.10. The number of hydrogen-bond acceptors (Lipinski definition) is 1. The molecule has 10 rings (SSSR count). The minimum absolute atomic E-state index is 1.10. The van der Waals surface area contributed by atoms with E-state index in [9.17, 15) is 0 Å². The smallest absolute Gasteiger partial charge is 0.0540 e. The zero-order valence-electron chi connectivity index (χ0n) is 30.3. The summed E-state index contributed by atoms with van der Waals surface area (Å²) >= 11 is 0. The SMILES string of the molecule is c1ccc(-c2ccc(-c3ccc(N(c4ccccc4)c4ccc(-c5ccc6ccccc6c5)c5ccccc45)cc3)c3c(-c4ccccc4)cccc23)cc1. The Labute approximate surface area is 322 Å². The Kier molecular flexibility index (Phi) is 8.24. The second kappa shape index (κ2) is 14.0. The van der Waals surface area contributed by atoms with Crippen LogP contribution in [0.2, 0.25) is 0 Å². The summed E-state index contributed by atoms with van der Waals surface area (Å²) in [5.74, 6) is 0. The quantitative estimate of drug-likeness (QED) is 0.160. The van der Waals surface area contributed by atoms with Gasteiger partial charge in [0, 0.05) is 16.8 Å². The van der Waals surface area contributed by atoms with Gasteiger partial charge in [-0.15, -0.1) is 0 Å². The van der Waals surface area contributed by atoms with Gasteiger partial charge in [-0.1, -0.05) is 188 Å². The molecule has 258 valence electrons. The number of nitrogens with zero attached hydrogens (tertiary/aromatic N) is 1. The normalized spacial score (nSPS) is 11.3. The molecular weight excluding hydrogens is 663 g/mol. The van der Waals surface area contributed by atoms with Crippen molar-refractivity contribution in [1.82, 2.24) is 0 Å². The Morgan fingerprint density at radius 1 is 0.255 bits per heavy atom. The van der Waals surface area contributed by atoms with E-state index < -0.39 is 0 Å². The Morgan fingerprint density at radius 3 is 1.49 bits per heavy atom. The van der Waals surface area contributed by atoms with E-state index in [0.717, 1.165) is 17.1 Å². The Morgan fingerprint density at radius 2 is 0.745 bits per heavy atom. The average Bonchev–Trinajstić information content (AvgIpc) is 3.27. The van der Waals surface area contributed by atoms with Crippen LogP contribution in [0.3, 0.4) is 0 Å². The van der Waals surface area contributed by atoms with Crippen LogP contribution in [0.5, 0.6) is 0 Å². The average molecular weight is 700 g/mol. The van der Waals surface area contributed by atoms with Crippen molar-refractivity contribution in [3.8, 4) is 44.5 Å². The third kappa shape index (κ3) is 5.93. The highest BCUT2D eigenvalue weighted by Crippen LogP contribution is 2.45. The van der Waals surface area contributed by atoms with Crippen molar-refractivity contribution in [2.24, 2.45) is 0 Å². The Hall–Kier alpha value is -7.22. The summed E-state index contributed by atoms with van der Waals surface area (Å²) in [5.41, 5.74) is 13.1. The summed E-state index contributed by atoms with van der Waals surface area (Å²) < 4.78 is 0. The number of benzene rings is 10. The van der Waals surface area contributed by atoms with Crippen LogP contribution in [0, 0.1) is 0 Å². The molecule has 0 radical (unpaired) electrons. The second-order valence-corrected chi connectivity index (χ2v) is 14.1. The lowest BCUT2D eigenvalue weighted by Crippen LogP contribution is -2.10. The second-order valence-electron chi connectivity index (χ2n) is 14.1. The van der Waals surface area contributed by atoms with Gasteiger partial charge in [0.15, 0.2) is 0 Å². The van der Waals surface area contributed by atoms with Gasteiger partial charge in [-0.3, -0.25) is 0 Å². The lowest BCUT2D eigenvalue weighted by atomic mass is 9.87. The topological polar surface area (TPSA) is 3.24 Å². The molecule has 0 saturated carbocycles. The van der Waals surface area contributed by atoms with E-state index in [4.69, 9.17) is 0 Å². The number of rotatable bonds is 7. The first kappa shape index (κ1) is 32.4. The highest BCUT2D eigenvalue weighted by Gasteiger charge is 2.19. The summed E-state index contributed by atoms with van der Waals surface area (Å²) in [6.07, 6.45) is 0. The summed E-state index contributed by atoms with van der Waals surface area (Å²) in [6.45, 7) is 0. The first-order valence-electron chi connectivity index (χ1n) is 18.9. The third-order valence-corrected chi connectivity index (χ3v) is 10.9. The van der Waals surface area contributed by atoms with E-state index in [1.54, 1.807) is 0 Å². The number of hydrogen-bond donors (Lipinski definition) is 0. The third-order valence-electron chi connectivity index (χ3n) is 10.9. The van der Waals surface area contributed by atoms with Crippen LogP contribution in [0.4, 0.5) is 17.1 Å². The monoisotopic (exact) mass is 699 g/mol. The standard InChI is InChI=1S/C54H37N/c1-4-16-39(17-5-1)46-33-34-49(54-48(25-14-26-52(46)54)40-18-6-2-7-19-40)41-29-31-45(32-30-41)55(44-21-8-3-9-22-44)53-36-35-47(50-23-12-13-24-51(50)53)43-28-27-38-15-10-11-20-42(38)37-43/h1-37H. The van der Waals surface area contributed by atoms with Crippen molar-refractivity contribution in [2.45, 2.75) is 0 Å². The van der Waals surface area contributed by atoms with E-state index in [2.05, 4.69) is 229 Å². The fourth-order valence-corrected chi connectivity index (χ4v) is 8.26. The number of fused-ring (bicyclic) bond motifs is 3. The molecule has 10 aromatic carbocycles. The van der Waals surface area contributed by atoms with E-state index >= 15 is 0 Å². The van der Waals surface area contributed by atoms with Crippen LogP contribution in [0.15, 0.2) is 224 Å². The first-order chi connectivity index (χ1) is 27.3. The van der Waals surface area contributed by atoms with Crippen molar-refractivity contribution in [1.29, 1.82) is 0 Å². The molecule has 0 unspecified atom stereocenters. The number of anilines is 3. The van der Waals surface area contributed by atoms with E-state index in [0.29, 0.717) is 0 Å². The van der Waals surface area contributed by atoms with Crippen LogP contribution < -0.4 is 4.90 Å². The Bertz CT molecular complexity index is 2950. The van der Waals surface area contributed by atoms with Crippen LogP contribution in [-0.2, 0) is 0 Å². The summed E-state index contributed by atoms with van der Waals surface area (Å²) in [4.78, 5) is 2.39. The molecule has 0 amide bonds. The molecule has 1 nitrogen and oxygen atoms in total. The van der Waals surface area contributed by atoms with E-state index in [-0.39, 0.29) is 0 Å². The zero-order chi connectivity index (χ0) is 36.6. The number of para-hydroxylation sites is 1. The molecule has 0 N–H and O–H groups in total. The molecule has 0 heterocycles. The van der Waals surface area contributed by atoms with Gasteiger partial charge in [0.2, 0.25) is 0 Å². The molecule has 0 aliphatic carbocycles. The summed E-state index contributed by atoms with van der Waals surface area (Å²) in [6, 6.07) is 81.4. The lowest BCUT2D eigenvalue weighted by molar-refractivity contribution is 1.30. The van der Waals surface area contributed by atoms with Crippen LogP contribution in [0.1, 0.15) is 0 Å². The highest BCUT2D eigenvalue weighted by atomic mass is 15.1. The van der Waals surface area contributed by atoms with E-state index in [1.165, 1.54) is 76.8 Å². The molecule has 0 aliphatic heterocycles. The minimum Gasteiger partial charge on any atom is -0.310 e. The molecule has 0 saturated heterocycles. The molecule has 0 atom stereocenters. The van der Waals surface area contributed by atoms with Gasteiger partial charge in [-0.05, 0) is 108 Å². The molecule has 0 aliphatic rings. The predicted molar refractivity (Wildman–Crippen MR) is 235 cm³/mol. The maximum absolute atomic E-state index is 2.39. The molecule has 0 aromatic heterocycles. The largest absolute Gasteiger partial charge is 0.310 e. The Balaban J connectivity index is 1.12. The van der Waals surface area contributed by atoms with Gasteiger partial charge < -0.3 is 4.90 Å². The maximum Gasteiger partial charge on any atom is 0.0540 e. The van der Waals surface area contributed by atoms with Crippen LogP contribution in [-0.4, -0.2) is 0 Å². The van der Waals surface area contributed by atoms with Crippen molar-refractivity contribution < 1.29 is 0 Å². The molecule has 10 aromatic rings. The highest BCUT2D eigenvalue weighted by molar-refractivity contribution is 6.12. The van der Waals surface area contributed by atoms with Crippen LogP contribution >= 0.6 is 0 Å². The fraction of sp³-hybridized carbons (Fsp3) is 0. The lowest BCUT2D eigenvalue weighted by Gasteiger charge is -2.28. The van der Waals surface area contributed by atoms with Crippen molar-refractivity contribution >= 4 is 49.4 Å². The van der Waals surface area contributed by atoms with Crippen molar-refractivity contribution in [2.75, 3.05) is 4.90 Å². The predicted octanol–water partition coefficient (Wildman–Crippen LogP) is 15.3. The molecule has 1 heteroatoms. The van der Waals surface area contributed by atoms with Crippen molar-refractivity contribution in [3.63, 3.8) is 0 Å². The molecular formula is C54H37N. The van der Waals surface area contributed by atoms with Gasteiger partial charge in [0.25, 0.3) is 0 Å². The zero-order valence-corrected chi connectivity index (χ0v) is 30.3. The fourth-order valence-electron chi connectivity index (χ4n) is 8.26. The van der Waals surface area contributed by atoms with Gasteiger partial charge in [-0.25, -0.2) is 0 Å². The van der Waals surface area contributed by atoms with Crippen LogP contribution in [0.25, 0.3) is 76.8 Å². The molecule has 0 bridgehead atoms. The first-order valence-corrected chi connectivity index (χ1v) is 18.9. The maximum atomic E-state index is 2.39. The summed E-state index contributed by atoms with van der Waals surface area (Å²) in [7, 11) is 0.